The maximum Gasteiger partial charge on any atom is 0.0838 e. The number of benzene rings is 2. The first-order valence-electron chi connectivity index (χ1n) is 6.98. The average molecular weight is 273 g/mol. The van der Waals surface area contributed by atoms with Crippen LogP contribution >= 0.6 is 11.6 Å². The van der Waals surface area contributed by atoms with Gasteiger partial charge >= 0.3 is 0 Å². The zero-order valence-electron chi connectivity index (χ0n) is 11.9. The van der Waals surface area contributed by atoms with Gasteiger partial charge in [0.25, 0.3) is 0 Å². The molecule has 0 nitrogen and oxygen atoms in total. The molecule has 0 heterocycles. The van der Waals surface area contributed by atoms with E-state index in [0.29, 0.717) is 0 Å². The van der Waals surface area contributed by atoms with Crippen LogP contribution in [0.25, 0.3) is 0 Å². The molecule has 0 fully saturated rings. The van der Waals surface area contributed by atoms with Gasteiger partial charge in [0.1, 0.15) is 0 Å². The molecule has 0 aromatic heterocycles. The van der Waals surface area contributed by atoms with Gasteiger partial charge in [0.05, 0.1) is 5.38 Å². The van der Waals surface area contributed by atoms with Crippen molar-refractivity contribution < 1.29 is 0 Å². The molecule has 1 atom stereocenters. The summed E-state index contributed by atoms with van der Waals surface area (Å²) in [5.41, 5.74) is 6.50. The molecule has 2 rings (SSSR count). The van der Waals surface area contributed by atoms with Crippen molar-refractivity contribution in [2.75, 3.05) is 0 Å². The second-order valence-electron chi connectivity index (χ2n) is 4.95. The number of rotatable bonds is 4. The minimum atomic E-state index is -0.0580. The van der Waals surface area contributed by atoms with Gasteiger partial charge in [0.2, 0.25) is 0 Å². The molecule has 2 aromatic carbocycles. The first-order chi connectivity index (χ1) is 9.17. The van der Waals surface area contributed by atoms with E-state index in [1.54, 1.807) is 0 Å². The maximum atomic E-state index is 6.66. The standard InChI is InChI=1S/C18H21Cl/c1-4-14-10-11-16(12-15(14)5-2)18(19)17-9-7-6-8-13(17)3/h6-12,18H,4-5H2,1-3H3. The Balaban J connectivity index is 2.39. The highest BCUT2D eigenvalue weighted by molar-refractivity contribution is 6.22. The second-order valence-corrected chi connectivity index (χ2v) is 5.39. The summed E-state index contributed by atoms with van der Waals surface area (Å²) in [5.74, 6) is 0. The van der Waals surface area contributed by atoms with Crippen LogP contribution < -0.4 is 0 Å². The number of hydrogen-bond acceptors (Lipinski definition) is 0. The summed E-state index contributed by atoms with van der Waals surface area (Å²) in [6.45, 7) is 6.52. The summed E-state index contributed by atoms with van der Waals surface area (Å²) in [6, 6.07) is 15.0. The van der Waals surface area contributed by atoms with Crippen molar-refractivity contribution >= 4 is 11.6 Å². The van der Waals surface area contributed by atoms with E-state index in [-0.39, 0.29) is 5.38 Å². The van der Waals surface area contributed by atoms with Crippen molar-refractivity contribution in [3.8, 4) is 0 Å². The Morgan fingerprint density at radius 2 is 1.63 bits per heavy atom. The van der Waals surface area contributed by atoms with Gasteiger partial charge in [-0.05, 0) is 47.6 Å². The summed E-state index contributed by atoms with van der Waals surface area (Å²) in [4.78, 5) is 0. The lowest BCUT2D eigenvalue weighted by Crippen LogP contribution is -1.99. The SMILES string of the molecule is CCc1ccc(C(Cl)c2ccccc2C)cc1CC. The van der Waals surface area contributed by atoms with Crippen LogP contribution in [-0.4, -0.2) is 0 Å². The predicted octanol–water partition coefficient (Wildman–Crippen LogP) is 5.45. The Morgan fingerprint density at radius 3 is 2.26 bits per heavy atom. The molecule has 0 saturated heterocycles. The molecule has 100 valence electrons. The smallest absolute Gasteiger partial charge is 0.0838 e. The van der Waals surface area contributed by atoms with Crippen LogP contribution in [0.15, 0.2) is 42.5 Å². The minimum absolute atomic E-state index is 0.0580. The van der Waals surface area contributed by atoms with Crippen molar-refractivity contribution in [2.45, 2.75) is 39.0 Å². The van der Waals surface area contributed by atoms with E-state index in [2.05, 4.69) is 63.2 Å². The quantitative estimate of drug-likeness (QED) is 0.650. The van der Waals surface area contributed by atoms with Crippen LogP contribution in [0.1, 0.15) is 47.0 Å². The van der Waals surface area contributed by atoms with E-state index in [4.69, 9.17) is 11.6 Å². The molecule has 0 amide bonds. The largest absolute Gasteiger partial charge is 0.113 e. The Kier molecular flexibility index (Phi) is 4.66. The first-order valence-corrected chi connectivity index (χ1v) is 7.42. The molecule has 2 aromatic rings. The monoisotopic (exact) mass is 272 g/mol. The topological polar surface area (TPSA) is 0 Å². The molecular formula is C18H21Cl. The van der Waals surface area contributed by atoms with Crippen LogP contribution in [0.2, 0.25) is 0 Å². The highest BCUT2D eigenvalue weighted by Crippen LogP contribution is 2.32. The molecular weight excluding hydrogens is 252 g/mol. The summed E-state index contributed by atoms with van der Waals surface area (Å²) in [6.07, 6.45) is 2.15. The normalized spacial score (nSPS) is 12.4. The van der Waals surface area contributed by atoms with E-state index in [0.717, 1.165) is 12.8 Å². The van der Waals surface area contributed by atoms with Crippen LogP contribution in [0.5, 0.6) is 0 Å². The highest BCUT2D eigenvalue weighted by Gasteiger charge is 2.13. The first kappa shape index (κ1) is 14.1. The summed E-state index contributed by atoms with van der Waals surface area (Å²) < 4.78 is 0. The second kappa shape index (κ2) is 6.25. The lowest BCUT2D eigenvalue weighted by Gasteiger charge is -2.15. The highest BCUT2D eigenvalue weighted by atomic mass is 35.5. The number of halogens is 1. The van der Waals surface area contributed by atoms with Crippen LogP contribution in [0.3, 0.4) is 0 Å². The van der Waals surface area contributed by atoms with Crippen LogP contribution in [0.4, 0.5) is 0 Å². The number of hydrogen-bond donors (Lipinski definition) is 0. The molecule has 1 unspecified atom stereocenters. The van der Waals surface area contributed by atoms with Gasteiger partial charge in [-0.25, -0.2) is 0 Å². The van der Waals surface area contributed by atoms with Gasteiger partial charge in [-0.3, -0.25) is 0 Å². The lowest BCUT2D eigenvalue weighted by molar-refractivity contribution is 1.01. The Labute approximate surface area is 121 Å². The van der Waals surface area contributed by atoms with Crippen molar-refractivity contribution in [3.63, 3.8) is 0 Å². The average Bonchev–Trinajstić information content (AvgIpc) is 2.46. The third-order valence-corrected chi connectivity index (χ3v) is 4.23. The third kappa shape index (κ3) is 3.01. The molecule has 19 heavy (non-hydrogen) atoms. The van der Waals surface area contributed by atoms with E-state index in [1.807, 2.05) is 0 Å². The van der Waals surface area contributed by atoms with Crippen LogP contribution in [0, 0.1) is 6.92 Å². The fraction of sp³-hybridized carbons (Fsp3) is 0.333. The fourth-order valence-electron chi connectivity index (χ4n) is 2.53. The zero-order chi connectivity index (χ0) is 13.8. The van der Waals surface area contributed by atoms with Gasteiger partial charge in [-0.2, -0.15) is 0 Å². The molecule has 0 aliphatic rings. The Morgan fingerprint density at radius 1 is 0.947 bits per heavy atom. The molecule has 1 heteroatoms. The Bertz CT molecular complexity index is 557. The fourth-order valence-corrected chi connectivity index (χ4v) is 2.91. The van der Waals surface area contributed by atoms with Gasteiger partial charge < -0.3 is 0 Å². The number of alkyl halides is 1. The lowest BCUT2D eigenvalue weighted by atomic mass is 9.95. The molecule has 0 bridgehead atoms. The molecule has 0 aliphatic carbocycles. The van der Waals surface area contributed by atoms with Gasteiger partial charge in [0, 0.05) is 0 Å². The van der Waals surface area contributed by atoms with Crippen molar-refractivity contribution in [1.82, 2.24) is 0 Å². The van der Waals surface area contributed by atoms with Crippen molar-refractivity contribution in [2.24, 2.45) is 0 Å². The van der Waals surface area contributed by atoms with Crippen molar-refractivity contribution in [1.29, 1.82) is 0 Å². The summed E-state index contributed by atoms with van der Waals surface area (Å²) in [5, 5.41) is -0.0580. The third-order valence-electron chi connectivity index (χ3n) is 3.75. The molecule has 0 N–H and O–H groups in total. The molecule has 0 spiro atoms. The van der Waals surface area contributed by atoms with E-state index in [9.17, 15) is 0 Å². The molecule has 0 aliphatic heterocycles. The predicted molar refractivity (Wildman–Crippen MR) is 84.1 cm³/mol. The van der Waals surface area contributed by atoms with Gasteiger partial charge in [-0.1, -0.05) is 56.3 Å². The Hall–Kier alpha value is -1.27. The van der Waals surface area contributed by atoms with E-state index < -0.39 is 0 Å². The summed E-state index contributed by atoms with van der Waals surface area (Å²) in [7, 11) is 0. The van der Waals surface area contributed by atoms with E-state index >= 15 is 0 Å². The zero-order valence-corrected chi connectivity index (χ0v) is 12.7. The summed E-state index contributed by atoms with van der Waals surface area (Å²) >= 11 is 6.66. The van der Waals surface area contributed by atoms with E-state index in [1.165, 1.54) is 27.8 Å². The van der Waals surface area contributed by atoms with Gasteiger partial charge in [-0.15, -0.1) is 11.6 Å². The number of aryl methyl sites for hydroxylation is 3. The van der Waals surface area contributed by atoms with Crippen LogP contribution in [-0.2, 0) is 12.8 Å². The van der Waals surface area contributed by atoms with Crippen molar-refractivity contribution in [3.05, 3.63) is 70.3 Å². The van der Waals surface area contributed by atoms with Gasteiger partial charge in [0.15, 0.2) is 0 Å². The minimum Gasteiger partial charge on any atom is -0.113 e. The molecule has 0 radical (unpaired) electrons. The maximum absolute atomic E-state index is 6.66. The molecule has 0 saturated carbocycles.